The van der Waals surface area contributed by atoms with Crippen molar-refractivity contribution in [1.82, 2.24) is 24.8 Å². The molecule has 0 amide bonds. The zero-order chi connectivity index (χ0) is 17.1. The van der Waals surface area contributed by atoms with Gasteiger partial charge < -0.3 is 9.47 Å². The van der Waals surface area contributed by atoms with E-state index in [1.54, 1.807) is 22.6 Å². The first-order valence-corrected chi connectivity index (χ1v) is 7.78. The molecule has 1 saturated carbocycles. The third kappa shape index (κ3) is 3.29. The van der Waals surface area contributed by atoms with Gasteiger partial charge in [0.1, 0.15) is 6.10 Å². The van der Waals surface area contributed by atoms with Gasteiger partial charge in [0.15, 0.2) is 5.69 Å². The molecule has 2 aromatic rings. The molecular formula is C15H19N5O4. The number of hydrogen-bond acceptors (Lipinski definition) is 7. The number of nitrogens with zero attached hydrogens (tertiary/aromatic N) is 5. The lowest BCUT2D eigenvalue weighted by Crippen LogP contribution is -2.32. The van der Waals surface area contributed by atoms with Crippen molar-refractivity contribution in [2.75, 3.05) is 7.11 Å². The summed E-state index contributed by atoms with van der Waals surface area (Å²) >= 11 is 0. The second kappa shape index (κ2) is 6.81. The van der Waals surface area contributed by atoms with E-state index in [1.807, 2.05) is 0 Å². The number of carbonyl (C=O) groups is 2. The van der Waals surface area contributed by atoms with Crippen LogP contribution in [0.1, 0.15) is 52.6 Å². The highest BCUT2D eigenvalue weighted by atomic mass is 16.5. The molecule has 1 aliphatic rings. The highest BCUT2D eigenvalue weighted by Gasteiger charge is 2.31. The van der Waals surface area contributed by atoms with Gasteiger partial charge in [0.25, 0.3) is 0 Å². The van der Waals surface area contributed by atoms with Gasteiger partial charge in [0.2, 0.25) is 0 Å². The zero-order valence-electron chi connectivity index (χ0n) is 13.6. The quantitative estimate of drug-likeness (QED) is 0.773. The summed E-state index contributed by atoms with van der Waals surface area (Å²) in [5.74, 6) is -0.950. The fraction of sp³-hybridized carbons (Fsp3) is 0.533. The lowest BCUT2D eigenvalue weighted by atomic mass is 9.92. The number of aromatic nitrogens is 5. The van der Waals surface area contributed by atoms with Gasteiger partial charge in [-0.2, -0.15) is 5.10 Å². The molecule has 9 heteroatoms. The second-order valence-electron chi connectivity index (χ2n) is 5.77. The molecular weight excluding hydrogens is 314 g/mol. The van der Waals surface area contributed by atoms with Crippen molar-refractivity contribution in [2.24, 2.45) is 7.05 Å². The number of carbonyl (C=O) groups excluding carboxylic acids is 2. The predicted molar refractivity (Wildman–Crippen MR) is 81.3 cm³/mol. The summed E-state index contributed by atoms with van der Waals surface area (Å²) < 4.78 is 13.4. The molecule has 9 nitrogen and oxygen atoms in total. The van der Waals surface area contributed by atoms with Crippen molar-refractivity contribution < 1.29 is 19.1 Å². The van der Waals surface area contributed by atoms with E-state index in [-0.39, 0.29) is 17.8 Å². The average molecular weight is 333 g/mol. The summed E-state index contributed by atoms with van der Waals surface area (Å²) in [5.41, 5.74) is 0.552. The molecule has 0 bridgehead atoms. The molecule has 0 radical (unpaired) electrons. The van der Waals surface area contributed by atoms with Crippen LogP contribution in [-0.4, -0.2) is 49.9 Å². The minimum Gasteiger partial charge on any atom is -0.464 e. The molecule has 0 aromatic carbocycles. The number of aryl methyl sites for hydroxylation is 1. The molecule has 2 unspecified atom stereocenters. The van der Waals surface area contributed by atoms with Crippen LogP contribution in [0.3, 0.4) is 0 Å². The van der Waals surface area contributed by atoms with Crippen molar-refractivity contribution in [3.63, 3.8) is 0 Å². The van der Waals surface area contributed by atoms with Crippen LogP contribution in [-0.2, 0) is 16.5 Å². The Balaban J connectivity index is 1.74. The van der Waals surface area contributed by atoms with E-state index in [0.717, 1.165) is 25.7 Å². The Hall–Kier alpha value is -2.71. The van der Waals surface area contributed by atoms with Gasteiger partial charge in [-0.1, -0.05) is 11.6 Å². The van der Waals surface area contributed by atoms with Crippen LogP contribution in [0.4, 0.5) is 0 Å². The van der Waals surface area contributed by atoms with Gasteiger partial charge in [-0.05, 0) is 19.3 Å². The van der Waals surface area contributed by atoms with Gasteiger partial charge in [0.05, 0.1) is 31.1 Å². The van der Waals surface area contributed by atoms with E-state index in [4.69, 9.17) is 4.74 Å². The fourth-order valence-corrected chi connectivity index (χ4v) is 2.89. The van der Waals surface area contributed by atoms with Crippen LogP contribution in [0.25, 0.3) is 0 Å². The van der Waals surface area contributed by atoms with Crippen molar-refractivity contribution in [3.05, 3.63) is 29.8 Å². The number of hydrogen-bond donors (Lipinski definition) is 0. The normalized spacial score (nSPS) is 20.6. The molecule has 0 aliphatic heterocycles. The Kier molecular flexibility index (Phi) is 4.59. The summed E-state index contributed by atoms with van der Waals surface area (Å²) in [7, 11) is 3.03. The fourth-order valence-electron chi connectivity index (χ4n) is 2.89. The minimum absolute atomic E-state index is 0.139. The summed E-state index contributed by atoms with van der Waals surface area (Å²) in [6.45, 7) is 0. The number of ether oxygens (including phenoxy) is 2. The lowest BCUT2D eigenvalue weighted by molar-refractivity contribution is 0.00172. The molecule has 0 saturated heterocycles. The highest BCUT2D eigenvalue weighted by molar-refractivity contribution is 5.89. The Morgan fingerprint density at radius 3 is 2.71 bits per heavy atom. The minimum atomic E-state index is -0.541. The van der Waals surface area contributed by atoms with Gasteiger partial charge >= 0.3 is 11.9 Å². The van der Waals surface area contributed by atoms with Crippen LogP contribution in [0.2, 0.25) is 0 Å². The Labute approximate surface area is 138 Å². The van der Waals surface area contributed by atoms with Gasteiger partial charge in [-0.25, -0.2) is 14.3 Å². The molecule has 1 fully saturated rings. The van der Waals surface area contributed by atoms with E-state index in [9.17, 15) is 9.59 Å². The maximum atomic E-state index is 12.3. The molecule has 128 valence electrons. The van der Waals surface area contributed by atoms with E-state index < -0.39 is 11.9 Å². The summed E-state index contributed by atoms with van der Waals surface area (Å²) in [6.07, 6.45) is 7.82. The summed E-state index contributed by atoms with van der Waals surface area (Å²) in [4.78, 5) is 23.8. The average Bonchev–Trinajstić information content (AvgIpc) is 3.24. The van der Waals surface area contributed by atoms with E-state index in [0.29, 0.717) is 5.56 Å². The molecule has 3 rings (SSSR count). The van der Waals surface area contributed by atoms with Crippen LogP contribution >= 0.6 is 0 Å². The van der Waals surface area contributed by atoms with E-state index in [1.165, 1.54) is 19.5 Å². The van der Waals surface area contributed by atoms with Crippen LogP contribution < -0.4 is 0 Å². The zero-order valence-corrected chi connectivity index (χ0v) is 13.6. The van der Waals surface area contributed by atoms with Gasteiger partial charge in [-0.3, -0.25) is 4.68 Å². The third-order valence-electron chi connectivity index (χ3n) is 4.11. The highest BCUT2D eigenvalue weighted by Crippen LogP contribution is 2.31. The molecule has 24 heavy (non-hydrogen) atoms. The maximum Gasteiger partial charge on any atom is 0.360 e. The SMILES string of the molecule is COC(=O)c1cn(C2CCCCC2OC(=O)c2cnn(C)c2)nn1. The standard InChI is InChI=1S/C15H19N5O4/c1-19-8-10(7-16-19)14(21)24-13-6-4-3-5-12(13)20-9-11(17-18-20)15(22)23-2/h7-9,12-13H,3-6H2,1-2H3. The van der Waals surface area contributed by atoms with Crippen molar-refractivity contribution in [2.45, 2.75) is 37.8 Å². The maximum absolute atomic E-state index is 12.3. The topological polar surface area (TPSA) is 101 Å². The molecule has 1 aliphatic carbocycles. The first kappa shape index (κ1) is 16.2. The van der Waals surface area contributed by atoms with Crippen molar-refractivity contribution in [3.8, 4) is 0 Å². The van der Waals surface area contributed by atoms with E-state index in [2.05, 4.69) is 20.1 Å². The van der Waals surface area contributed by atoms with Crippen molar-refractivity contribution in [1.29, 1.82) is 0 Å². The van der Waals surface area contributed by atoms with E-state index >= 15 is 0 Å². The number of rotatable bonds is 4. The predicted octanol–water partition coefficient (Wildman–Crippen LogP) is 1.14. The Morgan fingerprint density at radius 2 is 2.00 bits per heavy atom. The number of methoxy groups -OCH3 is 1. The van der Waals surface area contributed by atoms with Gasteiger partial charge in [0, 0.05) is 13.2 Å². The molecule has 0 N–H and O–H groups in total. The van der Waals surface area contributed by atoms with Crippen molar-refractivity contribution >= 4 is 11.9 Å². The lowest BCUT2D eigenvalue weighted by Gasteiger charge is -2.30. The second-order valence-corrected chi connectivity index (χ2v) is 5.77. The molecule has 2 atom stereocenters. The molecule has 2 aromatic heterocycles. The van der Waals surface area contributed by atoms with Crippen LogP contribution in [0.15, 0.2) is 18.6 Å². The summed E-state index contributed by atoms with van der Waals surface area (Å²) in [5, 5.41) is 11.8. The Morgan fingerprint density at radius 1 is 1.21 bits per heavy atom. The van der Waals surface area contributed by atoms with Crippen LogP contribution in [0, 0.1) is 0 Å². The third-order valence-corrected chi connectivity index (χ3v) is 4.11. The first-order valence-electron chi connectivity index (χ1n) is 7.78. The smallest absolute Gasteiger partial charge is 0.360 e. The monoisotopic (exact) mass is 333 g/mol. The molecule has 0 spiro atoms. The van der Waals surface area contributed by atoms with Crippen LogP contribution in [0.5, 0.6) is 0 Å². The Bertz CT molecular complexity index is 738. The summed E-state index contributed by atoms with van der Waals surface area (Å²) in [6, 6.07) is -0.148. The van der Waals surface area contributed by atoms with Gasteiger partial charge in [-0.15, -0.1) is 5.10 Å². The first-order chi connectivity index (χ1) is 11.6. The largest absolute Gasteiger partial charge is 0.464 e. The number of esters is 2. The molecule has 2 heterocycles.